The molecule has 0 aliphatic rings. The molecule has 0 fully saturated rings. The lowest BCUT2D eigenvalue weighted by Crippen LogP contribution is -2.51. The maximum absolute atomic E-state index is 11.8. The van der Waals surface area contributed by atoms with E-state index in [-0.39, 0.29) is 18.9 Å². The Morgan fingerprint density at radius 2 is 1.33 bits per heavy atom. The topological polar surface area (TPSA) is 194 Å². The van der Waals surface area contributed by atoms with Crippen molar-refractivity contribution in [2.75, 3.05) is 13.1 Å². The zero-order chi connectivity index (χ0) is 20.8. The zero-order valence-electron chi connectivity index (χ0n) is 15.0. The van der Waals surface area contributed by atoms with E-state index in [1.54, 1.807) is 6.92 Å². The molecule has 0 unspecified atom stereocenters. The van der Waals surface area contributed by atoms with Crippen LogP contribution in [-0.2, 0) is 14.4 Å². The molecule has 0 saturated heterocycles. The molecule has 0 heterocycles. The highest BCUT2D eigenvalue weighted by Gasteiger charge is 2.24. The van der Waals surface area contributed by atoms with Crippen LogP contribution >= 0.6 is 0 Å². The zero-order valence-corrected chi connectivity index (χ0v) is 15.0. The third-order valence-corrected chi connectivity index (χ3v) is 3.40. The van der Waals surface area contributed by atoms with Crippen LogP contribution in [0.4, 0.5) is 9.59 Å². The Hall–Kier alpha value is -3.05. The first-order chi connectivity index (χ1) is 12.7. The fraction of sp³-hybridized carbons (Fsp3) is 0.667. The molecule has 4 amide bonds. The predicted molar refractivity (Wildman–Crippen MR) is 92.3 cm³/mol. The van der Waals surface area contributed by atoms with Gasteiger partial charge in [-0.1, -0.05) is 0 Å². The number of unbranched alkanes of at least 4 members (excludes halogenated alkanes) is 1. The summed E-state index contributed by atoms with van der Waals surface area (Å²) < 4.78 is 0. The van der Waals surface area contributed by atoms with Gasteiger partial charge in [-0.3, -0.25) is 4.79 Å². The standard InChI is InChI=1S/C15H26N4O8/c1-2-16-14(26)17-8-4-3-5-9(12(22)23)18-15(27)19-10(13(24)25)6-7-11(20)21/h9-10H,2-8H2,1H3,(H,20,21)(H,22,23)(H,24,25)(H2,16,17,26)(H2,18,19,27)/t9-,10-/m0/s1. The molecule has 0 saturated carbocycles. The van der Waals surface area contributed by atoms with Crippen molar-refractivity contribution in [2.24, 2.45) is 0 Å². The van der Waals surface area contributed by atoms with Crippen LogP contribution in [0, 0.1) is 0 Å². The van der Waals surface area contributed by atoms with Crippen LogP contribution in [0.1, 0.15) is 39.0 Å². The van der Waals surface area contributed by atoms with Gasteiger partial charge >= 0.3 is 30.0 Å². The Labute approximate surface area is 155 Å². The smallest absolute Gasteiger partial charge is 0.326 e. The lowest BCUT2D eigenvalue weighted by atomic mass is 10.1. The second kappa shape index (κ2) is 13.2. The van der Waals surface area contributed by atoms with Gasteiger partial charge in [-0.15, -0.1) is 0 Å². The minimum absolute atomic E-state index is 0.0761. The molecule has 0 radical (unpaired) electrons. The van der Waals surface area contributed by atoms with Crippen molar-refractivity contribution in [1.29, 1.82) is 0 Å². The van der Waals surface area contributed by atoms with Crippen LogP contribution < -0.4 is 21.3 Å². The number of carboxylic acid groups (broad SMARTS) is 3. The average molecular weight is 390 g/mol. The summed E-state index contributed by atoms with van der Waals surface area (Å²) in [6, 6.07) is -4.04. The normalized spacial score (nSPS) is 12.3. The van der Waals surface area contributed by atoms with Crippen molar-refractivity contribution in [3.8, 4) is 0 Å². The van der Waals surface area contributed by atoms with Crippen LogP contribution in [-0.4, -0.2) is 70.5 Å². The summed E-state index contributed by atoms with van der Waals surface area (Å²) in [7, 11) is 0. The van der Waals surface area contributed by atoms with Gasteiger partial charge in [0.15, 0.2) is 0 Å². The number of rotatable bonds is 13. The number of hydrogen-bond acceptors (Lipinski definition) is 5. The molecule has 0 aromatic rings. The Kier molecular flexibility index (Phi) is 11.7. The predicted octanol–water partition coefficient (Wildman–Crippen LogP) is -0.454. The minimum Gasteiger partial charge on any atom is -0.481 e. The molecular formula is C15H26N4O8. The molecule has 7 N–H and O–H groups in total. The minimum atomic E-state index is -1.45. The lowest BCUT2D eigenvalue weighted by molar-refractivity contribution is -0.140. The molecule has 0 aromatic heterocycles. The summed E-state index contributed by atoms with van der Waals surface area (Å²) in [6.45, 7) is 2.58. The number of aliphatic carboxylic acids is 3. The number of carboxylic acids is 3. The van der Waals surface area contributed by atoms with Gasteiger partial charge in [-0.2, -0.15) is 0 Å². The average Bonchev–Trinajstić information content (AvgIpc) is 2.56. The third kappa shape index (κ3) is 12.0. The molecule has 2 atom stereocenters. The number of amides is 4. The quantitative estimate of drug-likeness (QED) is 0.205. The van der Waals surface area contributed by atoms with E-state index in [1.807, 2.05) is 5.32 Å². The van der Waals surface area contributed by atoms with E-state index < -0.39 is 42.4 Å². The number of hydrogen-bond donors (Lipinski definition) is 7. The van der Waals surface area contributed by atoms with E-state index in [1.165, 1.54) is 0 Å². The van der Waals surface area contributed by atoms with Crippen molar-refractivity contribution >= 4 is 30.0 Å². The third-order valence-electron chi connectivity index (χ3n) is 3.40. The van der Waals surface area contributed by atoms with E-state index >= 15 is 0 Å². The van der Waals surface area contributed by atoms with E-state index in [9.17, 15) is 24.0 Å². The summed E-state index contributed by atoms with van der Waals surface area (Å²) in [6.07, 6.45) is 0.165. The fourth-order valence-corrected chi connectivity index (χ4v) is 2.04. The first kappa shape index (κ1) is 23.9. The second-order valence-electron chi connectivity index (χ2n) is 5.61. The van der Waals surface area contributed by atoms with E-state index in [4.69, 9.17) is 15.3 Å². The van der Waals surface area contributed by atoms with Crippen LogP contribution in [0.5, 0.6) is 0 Å². The highest BCUT2D eigenvalue weighted by atomic mass is 16.4. The number of carbonyl (C=O) groups excluding carboxylic acids is 2. The summed E-state index contributed by atoms with van der Waals surface area (Å²) in [5.74, 6) is -3.93. The Morgan fingerprint density at radius 1 is 0.778 bits per heavy atom. The Bertz CT molecular complexity index is 540. The summed E-state index contributed by atoms with van der Waals surface area (Å²) in [4.78, 5) is 55.7. The molecule has 0 aliphatic heterocycles. The van der Waals surface area contributed by atoms with E-state index in [0.717, 1.165) is 0 Å². The highest BCUT2D eigenvalue weighted by Crippen LogP contribution is 2.02. The lowest BCUT2D eigenvalue weighted by Gasteiger charge is -2.18. The van der Waals surface area contributed by atoms with Crippen molar-refractivity contribution in [2.45, 2.75) is 51.1 Å². The molecule has 27 heavy (non-hydrogen) atoms. The molecule has 12 heteroatoms. The molecular weight excluding hydrogens is 364 g/mol. The number of nitrogens with one attached hydrogen (secondary N) is 4. The Morgan fingerprint density at radius 3 is 1.81 bits per heavy atom. The monoisotopic (exact) mass is 390 g/mol. The largest absolute Gasteiger partial charge is 0.481 e. The number of urea groups is 2. The van der Waals surface area contributed by atoms with Gasteiger partial charge in [0, 0.05) is 19.5 Å². The maximum atomic E-state index is 11.8. The van der Waals surface area contributed by atoms with Gasteiger partial charge in [0.25, 0.3) is 0 Å². The van der Waals surface area contributed by atoms with Crippen LogP contribution in [0.15, 0.2) is 0 Å². The van der Waals surface area contributed by atoms with Crippen molar-refractivity contribution in [3.63, 3.8) is 0 Å². The van der Waals surface area contributed by atoms with Gasteiger partial charge in [0.1, 0.15) is 12.1 Å². The van der Waals surface area contributed by atoms with E-state index in [0.29, 0.717) is 25.9 Å². The number of carbonyl (C=O) groups is 5. The molecule has 0 aromatic carbocycles. The van der Waals surface area contributed by atoms with E-state index in [2.05, 4.69) is 16.0 Å². The first-order valence-electron chi connectivity index (χ1n) is 8.43. The van der Waals surface area contributed by atoms with Crippen molar-refractivity contribution in [1.82, 2.24) is 21.3 Å². The van der Waals surface area contributed by atoms with Gasteiger partial charge in [-0.05, 0) is 32.6 Å². The van der Waals surface area contributed by atoms with Gasteiger partial charge in [0.05, 0.1) is 0 Å². The summed E-state index contributed by atoms with van der Waals surface area (Å²) in [5, 5.41) is 36.0. The highest BCUT2D eigenvalue weighted by molar-refractivity contribution is 5.86. The molecule has 0 bridgehead atoms. The summed E-state index contributed by atoms with van der Waals surface area (Å²) in [5.41, 5.74) is 0. The summed E-state index contributed by atoms with van der Waals surface area (Å²) >= 11 is 0. The Balaban J connectivity index is 4.36. The molecule has 0 spiro atoms. The van der Waals surface area contributed by atoms with Gasteiger partial charge in [-0.25, -0.2) is 19.2 Å². The maximum Gasteiger partial charge on any atom is 0.326 e. The van der Waals surface area contributed by atoms with Crippen LogP contribution in [0.3, 0.4) is 0 Å². The fourth-order valence-electron chi connectivity index (χ4n) is 2.04. The first-order valence-corrected chi connectivity index (χ1v) is 8.43. The van der Waals surface area contributed by atoms with Crippen molar-refractivity contribution < 1.29 is 39.3 Å². The molecule has 0 aliphatic carbocycles. The SMILES string of the molecule is CCNC(=O)NCCCC[C@H](NC(=O)N[C@@H](CCC(=O)O)C(=O)O)C(=O)O. The molecule has 0 rings (SSSR count). The van der Waals surface area contributed by atoms with Gasteiger partial charge < -0.3 is 36.6 Å². The van der Waals surface area contributed by atoms with Gasteiger partial charge in [0.2, 0.25) is 0 Å². The molecule has 154 valence electrons. The van der Waals surface area contributed by atoms with Crippen LogP contribution in [0.25, 0.3) is 0 Å². The van der Waals surface area contributed by atoms with Crippen molar-refractivity contribution in [3.05, 3.63) is 0 Å². The molecule has 12 nitrogen and oxygen atoms in total. The van der Waals surface area contributed by atoms with Crippen LogP contribution in [0.2, 0.25) is 0 Å². The second-order valence-corrected chi connectivity index (χ2v) is 5.61.